The van der Waals surface area contributed by atoms with E-state index in [0.29, 0.717) is 17.7 Å². The van der Waals surface area contributed by atoms with Crippen molar-refractivity contribution >= 4 is 0 Å². The molecule has 1 atom stereocenters. The molecule has 0 aromatic heterocycles. The number of benzene rings is 1. The molecule has 0 bridgehead atoms. The third kappa shape index (κ3) is 4.00. The van der Waals surface area contributed by atoms with Gasteiger partial charge in [0.25, 0.3) is 0 Å². The first-order valence-corrected chi connectivity index (χ1v) is 6.38. The molecule has 102 valence electrons. The van der Waals surface area contributed by atoms with Crippen LogP contribution in [0.1, 0.15) is 11.1 Å². The maximum atomic E-state index is 13.8. The molecule has 2 rings (SSSR count). The number of nitriles is 1. The van der Waals surface area contributed by atoms with E-state index in [2.05, 4.69) is 5.32 Å². The highest BCUT2D eigenvalue weighted by molar-refractivity contribution is 5.32. The SMILES string of the molecule is CN(Cc1ccc(C#N)cc1F)CC1CNCCO1. The van der Waals surface area contributed by atoms with Crippen LogP contribution in [-0.2, 0) is 11.3 Å². The van der Waals surface area contributed by atoms with Gasteiger partial charge in [-0.15, -0.1) is 0 Å². The smallest absolute Gasteiger partial charge is 0.129 e. The minimum absolute atomic E-state index is 0.153. The fourth-order valence-corrected chi connectivity index (χ4v) is 2.19. The third-order valence-corrected chi connectivity index (χ3v) is 3.14. The van der Waals surface area contributed by atoms with Crippen LogP contribution in [0, 0.1) is 17.1 Å². The van der Waals surface area contributed by atoms with Crippen molar-refractivity contribution < 1.29 is 9.13 Å². The summed E-state index contributed by atoms with van der Waals surface area (Å²) in [4.78, 5) is 2.03. The highest BCUT2D eigenvalue weighted by Crippen LogP contribution is 2.12. The van der Waals surface area contributed by atoms with E-state index in [1.807, 2.05) is 18.0 Å². The van der Waals surface area contributed by atoms with E-state index in [0.717, 1.165) is 26.2 Å². The van der Waals surface area contributed by atoms with Gasteiger partial charge in [-0.25, -0.2) is 4.39 Å². The van der Waals surface area contributed by atoms with Gasteiger partial charge in [0.05, 0.1) is 24.3 Å². The molecule has 1 saturated heterocycles. The second-order valence-electron chi connectivity index (χ2n) is 4.81. The Morgan fingerprint density at radius 1 is 1.58 bits per heavy atom. The molecule has 1 heterocycles. The molecular formula is C14H18FN3O. The summed E-state index contributed by atoms with van der Waals surface area (Å²) in [6.45, 7) is 3.72. The molecule has 1 aromatic carbocycles. The molecule has 1 unspecified atom stereocenters. The molecule has 0 amide bonds. The van der Waals surface area contributed by atoms with Crippen molar-refractivity contribution in [1.29, 1.82) is 5.26 Å². The number of hydrogen-bond acceptors (Lipinski definition) is 4. The molecule has 4 nitrogen and oxygen atoms in total. The Morgan fingerprint density at radius 2 is 2.42 bits per heavy atom. The van der Waals surface area contributed by atoms with Crippen molar-refractivity contribution in [2.45, 2.75) is 12.6 Å². The highest BCUT2D eigenvalue weighted by Gasteiger charge is 2.16. The van der Waals surface area contributed by atoms with Gasteiger partial charge in [-0.1, -0.05) is 6.07 Å². The minimum Gasteiger partial charge on any atom is -0.374 e. The molecule has 0 radical (unpaired) electrons. The second kappa shape index (κ2) is 6.62. The van der Waals surface area contributed by atoms with Crippen molar-refractivity contribution in [1.82, 2.24) is 10.2 Å². The summed E-state index contributed by atoms with van der Waals surface area (Å²) in [5, 5.41) is 12.0. The van der Waals surface area contributed by atoms with Crippen molar-refractivity contribution in [2.24, 2.45) is 0 Å². The molecule has 0 aliphatic carbocycles. The summed E-state index contributed by atoms with van der Waals surface area (Å²) in [6.07, 6.45) is 0.153. The highest BCUT2D eigenvalue weighted by atomic mass is 19.1. The fourth-order valence-electron chi connectivity index (χ4n) is 2.19. The average Bonchev–Trinajstić information content (AvgIpc) is 2.42. The van der Waals surface area contributed by atoms with E-state index < -0.39 is 0 Å². The minimum atomic E-state index is -0.325. The molecule has 1 N–H and O–H groups in total. The van der Waals surface area contributed by atoms with Crippen LogP contribution in [0.15, 0.2) is 18.2 Å². The van der Waals surface area contributed by atoms with Crippen LogP contribution < -0.4 is 5.32 Å². The Morgan fingerprint density at radius 3 is 3.05 bits per heavy atom. The van der Waals surface area contributed by atoms with Gasteiger partial charge in [0.1, 0.15) is 5.82 Å². The van der Waals surface area contributed by atoms with Gasteiger partial charge in [0.2, 0.25) is 0 Å². The first kappa shape index (κ1) is 13.9. The normalized spacial score (nSPS) is 19.4. The van der Waals surface area contributed by atoms with E-state index in [1.54, 1.807) is 12.1 Å². The van der Waals surface area contributed by atoms with E-state index >= 15 is 0 Å². The van der Waals surface area contributed by atoms with Crippen LogP contribution in [0.25, 0.3) is 0 Å². The van der Waals surface area contributed by atoms with E-state index in [-0.39, 0.29) is 11.9 Å². The Balaban J connectivity index is 1.91. The number of morpholine rings is 1. The zero-order valence-electron chi connectivity index (χ0n) is 11.0. The zero-order chi connectivity index (χ0) is 13.7. The van der Waals surface area contributed by atoms with Crippen molar-refractivity contribution in [3.05, 3.63) is 35.1 Å². The molecule has 0 saturated carbocycles. The molecule has 0 spiro atoms. The molecular weight excluding hydrogens is 245 g/mol. The number of halogens is 1. The Hall–Kier alpha value is -1.48. The maximum absolute atomic E-state index is 13.8. The molecule has 1 aromatic rings. The quantitative estimate of drug-likeness (QED) is 0.884. The van der Waals surface area contributed by atoms with E-state index in [4.69, 9.17) is 10.00 Å². The van der Waals surface area contributed by atoms with Gasteiger partial charge in [0, 0.05) is 31.7 Å². The largest absolute Gasteiger partial charge is 0.374 e. The topological polar surface area (TPSA) is 48.3 Å². The van der Waals surface area contributed by atoms with Crippen LogP contribution in [0.4, 0.5) is 4.39 Å². The zero-order valence-corrected chi connectivity index (χ0v) is 11.0. The van der Waals surface area contributed by atoms with Crippen molar-refractivity contribution in [3.63, 3.8) is 0 Å². The van der Waals surface area contributed by atoms with Gasteiger partial charge < -0.3 is 10.1 Å². The van der Waals surface area contributed by atoms with Gasteiger partial charge in [-0.3, -0.25) is 4.90 Å². The first-order valence-electron chi connectivity index (χ1n) is 6.38. The lowest BCUT2D eigenvalue weighted by Crippen LogP contribution is -2.44. The van der Waals surface area contributed by atoms with Crippen LogP contribution >= 0.6 is 0 Å². The predicted molar refractivity (Wildman–Crippen MR) is 70.1 cm³/mol. The molecule has 1 aliphatic heterocycles. The van der Waals surface area contributed by atoms with Crippen LogP contribution in [-0.4, -0.2) is 44.3 Å². The number of nitrogens with one attached hydrogen (secondary N) is 1. The summed E-state index contributed by atoms with van der Waals surface area (Å²) in [7, 11) is 1.94. The second-order valence-corrected chi connectivity index (χ2v) is 4.81. The number of rotatable bonds is 4. The standard InChI is InChI=1S/C14H18FN3O/c1-18(10-13-8-17-4-5-19-13)9-12-3-2-11(7-16)6-14(12)15/h2-3,6,13,17H,4-5,8-10H2,1H3. The number of likely N-dealkylation sites (N-methyl/N-ethyl adjacent to an activating group) is 1. The summed E-state index contributed by atoms with van der Waals surface area (Å²) in [5.41, 5.74) is 0.953. The van der Waals surface area contributed by atoms with Crippen molar-refractivity contribution in [3.8, 4) is 6.07 Å². The lowest BCUT2D eigenvalue weighted by atomic mass is 10.1. The lowest BCUT2D eigenvalue weighted by Gasteiger charge is -2.28. The van der Waals surface area contributed by atoms with Crippen LogP contribution in [0.5, 0.6) is 0 Å². The summed E-state index contributed by atoms with van der Waals surface area (Å²) >= 11 is 0. The Kier molecular flexibility index (Phi) is 4.86. The van der Waals surface area contributed by atoms with Gasteiger partial charge >= 0.3 is 0 Å². The molecule has 1 fully saturated rings. The van der Waals surface area contributed by atoms with Crippen LogP contribution in [0.3, 0.4) is 0 Å². The average molecular weight is 263 g/mol. The first-order chi connectivity index (χ1) is 9.19. The molecule has 19 heavy (non-hydrogen) atoms. The van der Waals surface area contributed by atoms with Gasteiger partial charge in [0.15, 0.2) is 0 Å². The van der Waals surface area contributed by atoms with Gasteiger partial charge in [-0.05, 0) is 19.2 Å². The fraction of sp³-hybridized carbons (Fsp3) is 0.500. The number of hydrogen-bond donors (Lipinski definition) is 1. The Bertz CT molecular complexity index is 466. The lowest BCUT2D eigenvalue weighted by molar-refractivity contribution is 0.00870. The monoisotopic (exact) mass is 263 g/mol. The summed E-state index contributed by atoms with van der Waals surface area (Å²) < 4.78 is 19.4. The van der Waals surface area contributed by atoms with E-state index in [1.165, 1.54) is 6.07 Å². The van der Waals surface area contributed by atoms with Crippen LogP contribution in [0.2, 0.25) is 0 Å². The Labute approximate surface area is 112 Å². The maximum Gasteiger partial charge on any atom is 0.129 e. The number of ether oxygens (including phenoxy) is 1. The summed E-state index contributed by atoms with van der Waals surface area (Å²) in [6, 6.07) is 6.53. The van der Waals surface area contributed by atoms with Gasteiger partial charge in [-0.2, -0.15) is 5.26 Å². The number of nitrogens with zero attached hydrogens (tertiary/aromatic N) is 2. The third-order valence-electron chi connectivity index (χ3n) is 3.14. The molecule has 1 aliphatic rings. The summed E-state index contributed by atoms with van der Waals surface area (Å²) in [5.74, 6) is -0.325. The molecule has 5 heteroatoms. The van der Waals surface area contributed by atoms with E-state index in [9.17, 15) is 4.39 Å². The van der Waals surface area contributed by atoms with Crippen molar-refractivity contribution in [2.75, 3.05) is 33.3 Å². The predicted octanol–water partition coefficient (Wildman–Crippen LogP) is 1.12.